The number of carbonyl (C=O) groups is 5. The van der Waals surface area contributed by atoms with E-state index in [0.717, 1.165) is 11.1 Å². The standard InChI is InChI=1S/C34H38N4O6/c1-7-44-31(41)23-12-10-13-24(18-23)35-33(43)36-26-19-38(32(42)34(4,5)6)27-16-15-21(2)17-28(27)37(30(26)40)20-29(39)25-14-9-8-11-22(25)3/h8-18,26H,7,19-20H2,1-6H3,(H2,35,36,43). The quantitative estimate of drug-likeness (QED) is 0.282. The molecule has 10 heteroatoms. The average molecular weight is 599 g/mol. The van der Waals surface area contributed by atoms with Crippen LogP contribution in [0, 0.1) is 19.3 Å². The van der Waals surface area contributed by atoms with Crippen LogP contribution in [-0.4, -0.2) is 55.3 Å². The van der Waals surface area contributed by atoms with Gasteiger partial charge in [0, 0.05) is 16.7 Å². The number of ether oxygens (including phenoxy) is 1. The molecular formula is C34H38N4O6. The minimum Gasteiger partial charge on any atom is -0.462 e. The van der Waals surface area contributed by atoms with Crippen LogP contribution in [0.4, 0.5) is 21.9 Å². The third kappa shape index (κ3) is 7.14. The maximum atomic E-state index is 14.2. The molecule has 0 bridgehead atoms. The highest BCUT2D eigenvalue weighted by Gasteiger charge is 2.40. The minimum absolute atomic E-state index is 0.156. The number of Topliss-reactive ketones (excluding diaryl/α,β-unsaturated/α-hetero) is 1. The number of hydrogen-bond donors (Lipinski definition) is 2. The fraction of sp³-hybridized carbons (Fsp3) is 0.324. The minimum atomic E-state index is -1.20. The number of ketones is 1. The SMILES string of the molecule is CCOC(=O)c1cccc(NC(=O)NC2CN(C(=O)C(C)(C)C)c3ccc(C)cc3N(CC(=O)c3ccccc3C)C2=O)c1. The molecule has 0 fully saturated rings. The number of carbonyl (C=O) groups excluding carboxylic acids is 5. The lowest BCUT2D eigenvalue weighted by molar-refractivity contribution is -0.126. The van der Waals surface area contributed by atoms with E-state index in [-0.39, 0.29) is 37.0 Å². The van der Waals surface area contributed by atoms with E-state index in [1.165, 1.54) is 15.9 Å². The van der Waals surface area contributed by atoms with Gasteiger partial charge in [0.15, 0.2) is 5.78 Å². The van der Waals surface area contributed by atoms with Gasteiger partial charge in [-0.2, -0.15) is 0 Å². The second kappa shape index (κ2) is 13.1. The van der Waals surface area contributed by atoms with E-state index < -0.39 is 29.4 Å². The van der Waals surface area contributed by atoms with Crippen molar-refractivity contribution in [2.45, 2.75) is 47.6 Å². The number of amides is 4. The number of rotatable bonds is 7. The lowest BCUT2D eigenvalue weighted by Gasteiger charge is -2.31. The van der Waals surface area contributed by atoms with E-state index in [2.05, 4.69) is 10.6 Å². The van der Waals surface area contributed by atoms with Gasteiger partial charge in [-0.25, -0.2) is 9.59 Å². The molecule has 10 nitrogen and oxygen atoms in total. The van der Waals surface area contributed by atoms with E-state index in [1.807, 2.05) is 32.0 Å². The number of urea groups is 1. The van der Waals surface area contributed by atoms with Crippen molar-refractivity contribution in [2.75, 3.05) is 34.8 Å². The van der Waals surface area contributed by atoms with Gasteiger partial charge in [0.25, 0.3) is 5.91 Å². The number of hydrogen-bond acceptors (Lipinski definition) is 6. The third-order valence-corrected chi connectivity index (χ3v) is 7.21. The number of fused-ring (bicyclic) bond motifs is 1. The summed E-state index contributed by atoms with van der Waals surface area (Å²) in [5, 5.41) is 5.37. The highest BCUT2D eigenvalue weighted by Crippen LogP contribution is 2.36. The molecule has 0 radical (unpaired) electrons. The van der Waals surface area contributed by atoms with Gasteiger partial charge in [0.1, 0.15) is 6.04 Å². The van der Waals surface area contributed by atoms with Gasteiger partial charge >= 0.3 is 12.0 Å². The largest absolute Gasteiger partial charge is 0.462 e. The molecule has 1 unspecified atom stereocenters. The first-order valence-corrected chi connectivity index (χ1v) is 14.5. The smallest absolute Gasteiger partial charge is 0.338 e. The summed E-state index contributed by atoms with van der Waals surface area (Å²) in [4.78, 5) is 69.8. The summed E-state index contributed by atoms with van der Waals surface area (Å²) in [6.07, 6.45) is 0. The highest BCUT2D eigenvalue weighted by atomic mass is 16.5. The molecule has 230 valence electrons. The van der Waals surface area contributed by atoms with Crippen LogP contribution in [0.5, 0.6) is 0 Å². The molecule has 0 aliphatic carbocycles. The first-order chi connectivity index (χ1) is 20.8. The number of esters is 1. The topological polar surface area (TPSA) is 125 Å². The maximum Gasteiger partial charge on any atom is 0.338 e. The van der Waals surface area contributed by atoms with Gasteiger partial charge in [-0.15, -0.1) is 0 Å². The molecule has 4 rings (SSSR count). The molecule has 0 saturated carbocycles. The fourth-order valence-electron chi connectivity index (χ4n) is 4.99. The van der Waals surface area contributed by atoms with E-state index >= 15 is 0 Å². The molecule has 1 aliphatic heterocycles. The van der Waals surface area contributed by atoms with Crippen LogP contribution in [0.3, 0.4) is 0 Å². The fourth-order valence-corrected chi connectivity index (χ4v) is 4.99. The Morgan fingerprint density at radius 2 is 1.66 bits per heavy atom. The van der Waals surface area contributed by atoms with Crippen molar-refractivity contribution in [1.82, 2.24) is 5.32 Å². The molecule has 44 heavy (non-hydrogen) atoms. The van der Waals surface area contributed by atoms with Crippen molar-refractivity contribution in [3.8, 4) is 0 Å². The Labute approximate surface area is 257 Å². The van der Waals surface area contributed by atoms with Crippen molar-refractivity contribution >= 4 is 46.7 Å². The maximum absolute atomic E-state index is 14.2. The number of anilines is 3. The van der Waals surface area contributed by atoms with Crippen molar-refractivity contribution < 1.29 is 28.7 Å². The average Bonchev–Trinajstić information content (AvgIpc) is 3.07. The third-order valence-electron chi connectivity index (χ3n) is 7.21. The van der Waals surface area contributed by atoms with E-state index in [0.29, 0.717) is 22.6 Å². The molecule has 3 aromatic carbocycles. The van der Waals surface area contributed by atoms with Crippen LogP contribution in [0.1, 0.15) is 59.5 Å². The second-order valence-electron chi connectivity index (χ2n) is 11.8. The molecule has 1 aliphatic rings. The molecule has 3 aromatic rings. The lowest BCUT2D eigenvalue weighted by atomic mass is 9.94. The van der Waals surface area contributed by atoms with Gasteiger partial charge in [0.05, 0.1) is 36.6 Å². The predicted molar refractivity (Wildman–Crippen MR) is 169 cm³/mol. The Hall–Kier alpha value is -4.99. The van der Waals surface area contributed by atoms with Crippen molar-refractivity contribution in [3.63, 3.8) is 0 Å². The first-order valence-electron chi connectivity index (χ1n) is 14.5. The Kier molecular flexibility index (Phi) is 9.52. The summed E-state index contributed by atoms with van der Waals surface area (Å²) >= 11 is 0. The monoisotopic (exact) mass is 598 g/mol. The Balaban J connectivity index is 1.71. The van der Waals surface area contributed by atoms with Gasteiger partial charge in [-0.3, -0.25) is 14.4 Å². The zero-order chi connectivity index (χ0) is 32.2. The van der Waals surface area contributed by atoms with Crippen molar-refractivity contribution in [3.05, 3.63) is 89.0 Å². The zero-order valence-electron chi connectivity index (χ0n) is 25.9. The van der Waals surface area contributed by atoms with Crippen LogP contribution in [0.2, 0.25) is 0 Å². The molecule has 0 spiro atoms. The Morgan fingerprint density at radius 3 is 2.34 bits per heavy atom. The number of benzene rings is 3. The van der Waals surface area contributed by atoms with E-state index in [9.17, 15) is 24.0 Å². The first kappa shape index (κ1) is 31.9. The number of aryl methyl sites for hydroxylation is 2. The summed E-state index contributed by atoms with van der Waals surface area (Å²) in [5.41, 5.74) is 2.70. The van der Waals surface area contributed by atoms with Crippen LogP contribution in [0.25, 0.3) is 0 Å². The molecule has 2 N–H and O–H groups in total. The van der Waals surface area contributed by atoms with E-state index in [4.69, 9.17) is 4.74 Å². The summed E-state index contributed by atoms with van der Waals surface area (Å²) < 4.78 is 5.04. The van der Waals surface area contributed by atoms with E-state index in [1.54, 1.807) is 70.2 Å². The van der Waals surface area contributed by atoms with Gasteiger partial charge in [-0.05, 0) is 62.2 Å². The van der Waals surface area contributed by atoms with Crippen molar-refractivity contribution in [2.24, 2.45) is 5.41 Å². The van der Waals surface area contributed by atoms with Crippen LogP contribution < -0.4 is 20.4 Å². The predicted octanol–water partition coefficient (Wildman–Crippen LogP) is 5.28. The van der Waals surface area contributed by atoms with Crippen molar-refractivity contribution in [1.29, 1.82) is 0 Å². The molecular weight excluding hydrogens is 560 g/mol. The molecule has 0 saturated heterocycles. The number of nitrogens with one attached hydrogen (secondary N) is 2. The summed E-state index contributed by atoms with van der Waals surface area (Å²) in [6, 6.07) is 16.8. The molecule has 1 atom stereocenters. The summed E-state index contributed by atoms with van der Waals surface area (Å²) in [5.74, 6) is -1.61. The Morgan fingerprint density at radius 1 is 0.932 bits per heavy atom. The normalized spacial score (nSPS) is 14.8. The lowest BCUT2D eigenvalue weighted by Crippen LogP contribution is -2.55. The molecule has 0 aromatic heterocycles. The Bertz CT molecular complexity index is 1610. The van der Waals surface area contributed by atoms with Gasteiger partial charge in [-0.1, -0.05) is 57.2 Å². The van der Waals surface area contributed by atoms with Crippen LogP contribution in [0.15, 0.2) is 66.7 Å². The number of nitrogens with zero attached hydrogens (tertiary/aromatic N) is 2. The summed E-state index contributed by atoms with van der Waals surface area (Å²) in [6.45, 7) is 10.5. The van der Waals surface area contributed by atoms with Gasteiger partial charge < -0.3 is 25.2 Å². The molecule has 4 amide bonds. The van der Waals surface area contributed by atoms with Gasteiger partial charge in [0.2, 0.25) is 5.91 Å². The van der Waals surface area contributed by atoms with Crippen LogP contribution in [-0.2, 0) is 14.3 Å². The summed E-state index contributed by atoms with van der Waals surface area (Å²) in [7, 11) is 0. The zero-order valence-corrected chi connectivity index (χ0v) is 25.9. The molecule has 1 heterocycles. The van der Waals surface area contributed by atoms with Crippen LogP contribution >= 0.6 is 0 Å². The second-order valence-corrected chi connectivity index (χ2v) is 11.8. The highest BCUT2D eigenvalue weighted by molar-refractivity contribution is 6.13.